The Labute approximate surface area is 108 Å². The Hall–Kier alpha value is -0.580. The van der Waals surface area contributed by atoms with Gasteiger partial charge in [0.2, 0.25) is 0 Å². The van der Waals surface area contributed by atoms with Gasteiger partial charge in [0, 0.05) is 25.3 Å². The third-order valence-corrected chi connectivity index (χ3v) is 2.62. The van der Waals surface area contributed by atoms with Gasteiger partial charge in [0.05, 0.1) is 0 Å². The summed E-state index contributed by atoms with van der Waals surface area (Å²) < 4.78 is 0. The fourth-order valence-electron chi connectivity index (χ4n) is 1.75. The molecule has 0 unspecified atom stereocenters. The summed E-state index contributed by atoms with van der Waals surface area (Å²) in [7, 11) is 0. The van der Waals surface area contributed by atoms with Gasteiger partial charge in [-0.15, -0.1) is 24.8 Å². The lowest BCUT2D eigenvalue weighted by molar-refractivity contribution is 0.498. The number of hydrogen-bond acceptors (Lipinski definition) is 4. The maximum absolute atomic E-state index is 5.85. The molecule has 2 heterocycles. The van der Waals surface area contributed by atoms with Gasteiger partial charge >= 0.3 is 0 Å². The molecule has 1 aromatic heterocycles. The highest BCUT2D eigenvalue weighted by molar-refractivity contribution is 5.85. The zero-order valence-electron chi connectivity index (χ0n) is 9.30. The minimum Gasteiger partial charge on any atom is -0.356 e. The Kier molecular flexibility index (Phi) is 6.64. The van der Waals surface area contributed by atoms with Crippen molar-refractivity contribution in [2.45, 2.75) is 25.8 Å². The van der Waals surface area contributed by atoms with Crippen LogP contribution in [0.1, 0.15) is 18.7 Å². The minimum atomic E-state index is 0. The largest absolute Gasteiger partial charge is 0.356 e. The number of hydrogen-bond donors (Lipinski definition) is 1. The lowest BCUT2D eigenvalue weighted by Gasteiger charge is -2.30. The van der Waals surface area contributed by atoms with Gasteiger partial charge in [-0.3, -0.25) is 0 Å². The van der Waals surface area contributed by atoms with Crippen molar-refractivity contribution in [1.29, 1.82) is 0 Å². The van der Waals surface area contributed by atoms with Crippen LogP contribution in [-0.4, -0.2) is 29.1 Å². The standard InChI is InChI=1S/C10H16N4.2ClH/c1-8-12-5-2-10(13-8)14-6-3-9(11)4-7-14;;/h2,5,9H,3-4,6-7,11H2,1H3;2*1H. The molecular weight excluding hydrogens is 247 g/mol. The molecule has 0 aliphatic carbocycles. The van der Waals surface area contributed by atoms with E-state index in [1.807, 2.05) is 19.2 Å². The summed E-state index contributed by atoms with van der Waals surface area (Å²) >= 11 is 0. The first-order chi connectivity index (χ1) is 6.75. The number of aryl methyl sites for hydroxylation is 1. The molecule has 4 nitrogen and oxygen atoms in total. The smallest absolute Gasteiger partial charge is 0.132 e. The second-order valence-electron chi connectivity index (χ2n) is 3.79. The molecule has 0 radical (unpaired) electrons. The number of nitrogens with two attached hydrogens (primary N) is 1. The van der Waals surface area contributed by atoms with E-state index in [1.165, 1.54) is 0 Å². The number of anilines is 1. The third kappa shape index (κ3) is 3.77. The molecule has 0 aromatic carbocycles. The summed E-state index contributed by atoms with van der Waals surface area (Å²) in [6.45, 7) is 3.94. The van der Waals surface area contributed by atoms with E-state index in [9.17, 15) is 0 Å². The molecule has 6 heteroatoms. The fourth-order valence-corrected chi connectivity index (χ4v) is 1.75. The van der Waals surface area contributed by atoms with Crippen molar-refractivity contribution < 1.29 is 0 Å². The van der Waals surface area contributed by atoms with Crippen LogP contribution in [0.25, 0.3) is 0 Å². The normalized spacial score (nSPS) is 16.2. The van der Waals surface area contributed by atoms with Gasteiger partial charge in [-0.2, -0.15) is 0 Å². The number of rotatable bonds is 1. The highest BCUT2D eigenvalue weighted by Crippen LogP contribution is 2.16. The molecule has 2 rings (SSSR count). The van der Waals surface area contributed by atoms with E-state index in [4.69, 9.17) is 5.73 Å². The number of aromatic nitrogens is 2. The van der Waals surface area contributed by atoms with Crippen LogP contribution in [0.5, 0.6) is 0 Å². The SMILES string of the molecule is Cc1nccc(N2CCC(N)CC2)n1.Cl.Cl. The highest BCUT2D eigenvalue weighted by atomic mass is 35.5. The highest BCUT2D eigenvalue weighted by Gasteiger charge is 2.16. The van der Waals surface area contributed by atoms with E-state index in [1.54, 1.807) is 0 Å². The van der Waals surface area contributed by atoms with Crippen molar-refractivity contribution in [2.75, 3.05) is 18.0 Å². The number of halogens is 2. The topological polar surface area (TPSA) is 55.0 Å². The van der Waals surface area contributed by atoms with Crippen LogP contribution in [0.15, 0.2) is 12.3 Å². The van der Waals surface area contributed by atoms with Crippen molar-refractivity contribution in [3.05, 3.63) is 18.1 Å². The summed E-state index contributed by atoms with van der Waals surface area (Å²) in [4.78, 5) is 10.8. The van der Waals surface area contributed by atoms with E-state index in [0.717, 1.165) is 37.6 Å². The number of nitrogens with zero attached hydrogens (tertiary/aromatic N) is 3. The molecule has 1 aromatic rings. The minimum absolute atomic E-state index is 0. The molecule has 92 valence electrons. The molecular formula is C10H18Cl2N4. The van der Waals surface area contributed by atoms with Crippen molar-refractivity contribution in [3.8, 4) is 0 Å². The van der Waals surface area contributed by atoms with E-state index >= 15 is 0 Å². The van der Waals surface area contributed by atoms with Crippen LogP contribution in [-0.2, 0) is 0 Å². The Morgan fingerprint density at radius 1 is 1.31 bits per heavy atom. The first kappa shape index (κ1) is 15.4. The average Bonchev–Trinajstić information content (AvgIpc) is 2.19. The summed E-state index contributed by atoms with van der Waals surface area (Å²) in [6, 6.07) is 2.33. The molecule has 0 spiro atoms. The molecule has 2 N–H and O–H groups in total. The van der Waals surface area contributed by atoms with Crippen LogP contribution >= 0.6 is 24.8 Å². The molecule has 1 saturated heterocycles. The van der Waals surface area contributed by atoms with Crippen LogP contribution in [0.4, 0.5) is 5.82 Å². The van der Waals surface area contributed by atoms with Gasteiger partial charge in [0.1, 0.15) is 11.6 Å². The molecule has 0 saturated carbocycles. The zero-order valence-corrected chi connectivity index (χ0v) is 10.9. The lowest BCUT2D eigenvalue weighted by atomic mass is 10.1. The van der Waals surface area contributed by atoms with Crippen LogP contribution in [0, 0.1) is 6.92 Å². The van der Waals surface area contributed by atoms with Gasteiger partial charge < -0.3 is 10.6 Å². The third-order valence-electron chi connectivity index (χ3n) is 2.62. The van der Waals surface area contributed by atoms with Crippen molar-refractivity contribution in [1.82, 2.24) is 9.97 Å². The first-order valence-corrected chi connectivity index (χ1v) is 5.06. The molecule has 0 atom stereocenters. The summed E-state index contributed by atoms with van der Waals surface area (Å²) in [6.07, 6.45) is 3.93. The van der Waals surface area contributed by atoms with Crippen molar-refractivity contribution >= 4 is 30.6 Å². The van der Waals surface area contributed by atoms with Gasteiger partial charge in [0.25, 0.3) is 0 Å². The Bertz CT molecular complexity index is 313. The Morgan fingerprint density at radius 3 is 2.50 bits per heavy atom. The van der Waals surface area contributed by atoms with E-state index in [2.05, 4.69) is 14.9 Å². The zero-order chi connectivity index (χ0) is 9.97. The Morgan fingerprint density at radius 2 is 1.94 bits per heavy atom. The maximum atomic E-state index is 5.85. The van der Waals surface area contributed by atoms with Crippen molar-refractivity contribution in [3.63, 3.8) is 0 Å². The lowest BCUT2D eigenvalue weighted by Crippen LogP contribution is -2.40. The van der Waals surface area contributed by atoms with Gasteiger partial charge in [-0.1, -0.05) is 0 Å². The van der Waals surface area contributed by atoms with Crippen LogP contribution < -0.4 is 10.6 Å². The predicted octanol–water partition coefficient (Wildman–Crippen LogP) is 1.56. The first-order valence-electron chi connectivity index (χ1n) is 5.06. The van der Waals surface area contributed by atoms with Gasteiger partial charge in [-0.05, 0) is 25.8 Å². The summed E-state index contributed by atoms with van der Waals surface area (Å²) in [5, 5.41) is 0. The van der Waals surface area contributed by atoms with Gasteiger partial charge in [0.15, 0.2) is 0 Å². The average molecular weight is 265 g/mol. The van der Waals surface area contributed by atoms with Crippen molar-refractivity contribution in [2.24, 2.45) is 5.73 Å². The second-order valence-corrected chi connectivity index (χ2v) is 3.79. The number of piperidine rings is 1. The molecule has 1 fully saturated rings. The van der Waals surface area contributed by atoms with E-state index in [0.29, 0.717) is 6.04 Å². The predicted molar refractivity (Wildman–Crippen MR) is 70.7 cm³/mol. The summed E-state index contributed by atoms with van der Waals surface area (Å²) in [5.41, 5.74) is 5.85. The van der Waals surface area contributed by atoms with E-state index in [-0.39, 0.29) is 24.8 Å². The quantitative estimate of drug-likeness (QED) is 0.837. The monoisotopic (exact) mass is 264 g/mol. The van der Waals surface area contributed by atoms with Crippen LogP contribution in [0.3, 0.4) is 0 Å². The maximum Gasteiger partial charge on any atom is 0.132 e. The molecule has 0 amide bonds. The summed E-state index contributed by atoms with van der Waals surface area (Å²) in [5.74, 6) is 1.86. The van der Waals surface area contributed by atoms with Gasteiger partial charge in [-0.25, -0.2) is 9.97 Å². The molecule has 16 heavy (non-hydrogen) atoms. The Balaban J connectivity index is 0.00000112. The second kappa shape index (κ2) is 6.89. The van der Waals surface area contributed by atoms with Crippen LogP contribution in [0.2, 0.25) is 0 Å². The molecule has 0 bridgehead atoms. The van der Waals surface area contributed by atoms with E-state index < -0.39 is 0 Å². The fraction of sp³-hybridized carbons (Fsp3) is 0.600. The molecule has 1 aliphatic heterocycles. The molecule has 1 aliphatic rings.